The minimum Gasteiger partial charge on any atom is -0.459 e. The molecule has 11 aliphatic rings. The first-order valence-corrected chi connectivity index (χ1v) is 38.6. The molecule has 8 fully saturated rings. The van der Waals surface area contributed by atoms with Crippen LogP contribution in [0.3, 0.4) is 0 Å². The van der Waals surface area contributed by atoms with E-state index < -0.39 is 0 Å². The zero-order valence-corrected chi connectivity index (χ0v) is 61.8. The molecule has 0 aliphatic heterocycles. The van der Waals surface area contributed by atoms with E-state index in [4.69, 9.17) is 23.7 Å². The number of hydrogen-bond donors (Lipinski definition) is 0. The van der Waals surface area contributed by atoms with Gasteiger partial charge in [-0.25, -0.2) is 0 Å². The summed E-state index contributed by atoms with van der Waals surface area (Å²) in [5.41, 5.74) is -2.85. The van der Waals surface area contributed by atoms with Crippen molar-refractivity contribution in [2.75, 3.05) is 0 Å². The molecule has 10 heteroatoms. The lowest BCUT2D eigenvalue weighted by atomic mass is 9.73. The predicted octanol–water partition coefficient (Wildman–Crippen LogP) is 28.1. The van der Waals surface area contributed by atoms with E-state index >= 15 is 0 Å². The molecule has 0 aromatic heterocycles. The van der Waals surface area contributed by atoms with Crippen molar-refractivity contribution < 1.29 is 47.7 Å². The van der Waals surface area contributed by atoms with Gasteiger partial charge in [0.2, 0.25) is 0 Å². The molecule has 0 radical (unpaired) electrons. The topological polar surface area (TPSA) is 132 Å². The third-order valence-electron chi connectivity index (χ3n) is 26.3. The highest BCUT2D eigenvalue weighted by atomic mass is 16.6. The van der Waals surface area contributed by atoms with Gasteiger partial charge in [-0.2, -0.15) is 0 Å². The first-order valence-electron chi connectivity index (χ1n) is 38.6. The fourth-order valence-corrected chi connectivity index (χ4v) is 17.4. The normalized spacial score (nSPS) is 28.1. The highest BCUT2D eigenvalue weighted by molar-refractivity contribution is 5.78. The van der Waals surface area contributed by atoms with Crippen LogP contribution in [0.25, 0.3) is 0 Å². The van der Waals surface area contributed by atoms with Crippen molar-refractivity contribution in [3.8, 4) is 0 Å². The molecule has 0 amide bonds. The molecule has 2 bridgehead atoms. The molecule has 8 saturated carbocycles. The molecule has 604 valence electrons. The Morgan fingerprint density at radius 3 is 0.980 bits per heavy atom. The van der Waals surface area contributed by atoms with Gasteiger partial charge in [-0.05, 0) is 304 Å². The fourth-order valence-electron chi connectivity index (χ4n) is 17.4. The van der Waals surface area contributed by atoms with Crippen LogP contribution in [-0.2, 0) is 47.7 Å². The molecule has 0 heterocycles. The minimum absolute atomic E-state index is 0. The van der Waals surface area contributed by atoms with E-state index in [2.05, 4.69) is 64.2 Å². The summed E-state index contributed by atoms with van der Waals surface area (Å²) in [4.78, 5) is 62.0. The van der Waals surface area contributed by atoms with E-state index in [1.165, 1.54) is 135 Å². The summed E-state index contributed by atoms with van der Waals surface area (Å²) in [6, 6.07) is 0. The molecule has 8 atom stereocenters. The Balaban J connectivity index is -0.000000575. The maximum atomic E-state index is 12.5. The van der Waals surface area contributed by atoms with Gasteiger partial charge >= 0.3 is 29.8 Å². The van der Waals surface area contributed by atoms with E-state index in [0.717, 1.165) is 120 Å². The lowest BCUT2D eigenvalue weighted by Crippen LogP contribution is -2.46. The van der Waals surface area contributed by atoms with Crippen LogP contribution in [0.2, 0.25) is 0 Å². The Morgan fingerprint density at radius 2 is 0.647 bits per heavy atom. The average molecular weight is 1440 g/mol. The highest BCUT2D eigenvalue weighted by Crippen LogP contribution is 2.64. The number of rotatable bonds is 19. The standard InChI is InChI=1S/C17H28O2.C17H30O2.C17H28O2.C16H26O2.C15H24O2.10CH4/c1-5-16(2,3)15(18)19-17(4)10-11-9-14(17)13-8-6-7-12(11)13;2*1-4-16(2,3)15(18)19-17(12-8-5-9-13-17)14-10-6-7-11-14;1-4-15(2,3)14(17)18-16(11-7-8-12-16)13-9-5-6-10-13;1-4-14(2,3)13(16)17-15(12-8-9-12)10-6-5-7-11-15;;;;;;;;;;/h11-14H,5-10H2,1-4H3;14H,4-13H2,1-3H3;8,12,14H,4-7,9-11,13H2,1-3H3;7,11,13H,4-6,8-10,12H2,1-3H3;6,10,12H,4-5,7-9,11H2,1-3H3;10*1H4/t11-,12?,13?,14-,17+;;;;;;;;;;;;;;/m0............../s1. The van der Waals surface area contributed by atoms with Gasteiger partial charge in [0.05, 0.1) is 27.1 Å². The second-order valence-electron chi connectivity index (χ2n) is 34.8. The first-order chi connectivity index (χ1) is 43.4. The van der Waals surface area contributed by atoms with Gasteiger partial charge in [-0.1, -0.05) is 178 Å². The molecule has 11 rings (SSSR count). The molecule has 11 aliphatic carbocycles. The maximum absolute atomic E-state index is 12.5. The van der Waals surface area contributed by atoms with Crippen LogP contribution in [0.5, 0.6) is 0 Å². The van der Waals surface area contributed by atoms with Crippen molar-refractivity contribution in [3.05, 3.63) is 36.5 Å². The lowest BCUT2D eigenvalue weighted by Gasteiger charge is -2.43. The summed E-state index contributed by atoms with van der Waals surface area (Å²) >= 11 is 0. The van der Waals surface area contributed by atoms with Gasteiger partial charge in [0.1, 0.15) is 28.0 Å². The third kappa shape index (κ3) is 25.3. The summed E-state index contributed by atoms with van der Waals surface area (Å²) in [5, 5.41) is 0. The summed E-state index contributed by atoms with van der Waals surface area (Å²) in [6.07, 6.45) is 56.1. The molecular formula is C92H176O10. The molecule has 0 saturated heterocycles. The zero-order chi connectivity index (χ0) is 67.4. The van der Waals surface area contributed by atoms with Crippen molar-refractivity contribution in [2.24, 2.45) is 74.4 Å². The number of carbonyl (C=O) groups is 5. The van der Waals surface area contributed by atoms with Crippen molar-refractivity contribution >= 4 is 29.8 Å². The molecule has 0 N–H and O–H groups in total. The number of fused-ring (bicyclic) bond motifs is 5. The van der Waals surface area contributed by atoms with Crippen LogP contribution in [0.15, 0.2) is 36.5 Å². The highest BCUT2D eigenvalue weighted by Gasteiger charge is 2.61. The molecule has 0 aromatic carbocycles. The first kappa shape index (κ1) is 105. The van der Waals surface area contributed by atoms with Crippen molar-refractivity contribution in [1.29, 1.82) is 0 Å². The van der Waals surface area contributed by atoms with Crippen molar-refractivity contribution in [2.45, 2.75) is 451 Å². The van der Waals surface area contributed by atoms with Crippen LogP contribution in [0, 0.1) is 74.4 Å². The quantitative estimate of drug-likeness (QED) is 0.0700. The van der Waals surface area contributed by atoms with Gasteiger partial charge in [0.15, 0.2) is 0 Å². The maximum Gasteiger partial charge on any atom is 0.312 e. The molecule has 0 aromatic rings. The van der Waals surface area contributed by atoms with Crippen LogP contribution in [0.1, 0.15) is 423 Å². The van der Waals surface area contributed by atoms with Gasteiger partial charge < -0.3 is 23.7 Å². The summed E-state index contributed by atoms with van der Waals surface area (Å²) in [6.45, 7) is 32.4. The second-order valence-corrected chi connectivity index (χ2v) is 34.8. The van der Waals surface area contributed by atoms with Crippen molar-refractivity contribution in [1.82, 2.24) is 0 Å². The molecule has 102 heavy (non-hydrogen) atoms. The molecule has 10 nitrogen and oxygen atoms in total. The smallest absolute Gasteiger partial charge is 0.312 e. The largest absolute Gasteiger partial charge is 0.459 e. The predicted molar refractivity (Wildman–Crippen MR) is 441 cm³/mol. The monoisotopic (exact) mass is 1440 g/mol. The lowest BCUT2D eigenvalue weighted by molar-refractivity contribution is -0.182. The fraction of sp³-hybridized carbons (Fsp3) is 0.880. The van der Waals surface area contributed by atoms with E-state index in [-0.39, 0.29) is 159 Å². The van der Waals surface area contributed by atoms with E-state index in [9.17, 15) is 24.0 Å². The van der Waals surface area contributed by atoms with E-state index in [0.29, 0.717) is 29.6 Å². The summed E-state index contributed by atoms with van der Waals surface area (Å²) in [5.74, 6) is 5.55. The molecule has 0 spiro atoms. The minimum atomic E-state index is -0.364. The van der Waals surface area contributed by atoms with Crippen LogP contribution >= 0.6 is 0 Å². The number of ether oxygens (including phenoxy) is 5. The Kier molecular flexibility index (Phi) is 45.4. The summed E-state index contributed by atoms with van der Waals surface area (Å²) < 4.78 is 30.3. The van der Waals surface area contributed by atoms with Crippen molar-refractivity contribution in [3.63, 3.8) is 0 Å². The Hall–Kier alpha value is -3.43. The third-order valence-corrected chi connectivity index (χ3v) is 26.3. The van der Waals surface area contributed by atoms with Crippen LogP contribution in [-0.4, -0.2) is 57.9 Å². The van der Waals surface area contributed by atoms with Gasteiger partial charge in [0.25, 0.3) is 0 Å². The van der Waals surface area contributed by atoms with Gasteiger partial charge in [-0.3, -0.25) is 24.0 Å². The summed E-state index contributed by atoms with van der Waals surface area (Å²) in [7, 11) is 0. The molecular weight excluding hydrogens is 1270 g/mol. The number of carbonyl (C=O) groups excluding carboxylic acids is 5. The van der Waals surface area contributed by atoms with Gasteiger partial charge in [0, 0.05) is 23.7 Å². The SMILES string of the molecule is C.C.C.C.C.C.C.C.C.C.CCC(C)(C)C(=O)OC1(C2CC2)C=CCCC1.CCC(C)(C)C(=O)OC1(C2CCCC2)C=CCC1.CCC(C)(C)C(=O)OC1(C2CCCC2)C=CCCC1.CCC(C)(C)C(=O)OC1(C2CCCC2)CCCCC1.CCC(C)(C)C(=O)O[C@]1(C)C[C@@H]2C[C@H]1C1CCCC12. The van der Waals surface area contributed by atoms with Crippen LogP contribution < -0.4 is 0 Å². The van der Waals surface area contributed by atoms with E-state index in [1.54, 1.807) is 0 Å². The van der Waals surface area contributed by atoms with Crippen LogP contribution in [0.4, 0.5) is 0 Å². The van der Waals surface area contributed by atoms with Gasteiger partial charge in [-0.15, -0.1) is 0 Å². The van der Waals surface area contributed by atoms with E-state index in [1.807, 2.05) is 83.1 Å². The second kappa shape index (κ2) is 44.1. The number of esters is 5. The Bertz CT molecular complexity index is 2500. The number of hydrogen-bond acceptors (Lipinski definition) is 10. The Labute approximate surface area is 635 Å². The number of allylic oxidation sites excluding steroid dienone is 3. The zero-order valence-electron chi connectivity index (χ0n) is 61.8. The average Bonchev–Trinajstić information content (AvgIpc) is 1.57. The Morgan fingerprint density at radius 1 is 0.333 bits per heavy atom. The molecule has 5 unspecified atom stereocenters.